The van der Waals surface area contributed by atoms with Gasteiger partial charge in [-0.05, 0) is 19.3 Å². The van der Waals surface area contributed by atoms with E-state index >= 15 is 0 Å². The van der Waals surface area contributed by atoms with Crippen LogP contribution in [0.15, 0.2) is 6.33 Å². The van der Waals surface area contributed by atoms with Crippen LogP contribution in [0.1, 0.15) is 39.1 Å². The van der Waals surface area contributed by atoms with Gasteiger partial charge in [0.15, 0.2) is 5.82 Å². The highest BCUT2D eigenvalue weighted by molar-refractivity contribution is 4.87. The number of nitrogens with two attached hydrogens (primary N) is 1. The molecular weight excluding hydrogens is 164 g/mol. The van der Waals surface area contributed by atoms with Crippen molar-refractivity contribution in [2.24, 2.45) is 11.7 Å². The van der Waals surface area contributed by atoms with Crippen molar-refractivity contribution in [3.05, 3.63) is 12.2 Å². The quantitative estimate of drug-likeness (QED) is 0.764. The molecule has 13 heavy (non-hydrogen) atoms. The maximum Gasteiger partial charge on any atom is 0.166 e. The summed E-state index contributed by atoms with van der Waals surface area (Å²) in [5.41, 5.74) is 5.64. The van der Waals surface area contributed by atoms with E-state index in [1.165, 1.54) is 0 Å². The molecule has 4 heteroatoms. The molecule has 0 fully saturated rings. The maximum absolute atomic E-state index is 5.64. The molecule has 1 unspecified atom stereocenters. The van der Waals surface area contributed by atoms with Crippen LogP contribution in [0, 0.1) is 5.92 Å². The van der Waals surface area contributed by atoms with Gasteiger partial charge in [-0.15, -0.1) is 0 Å². The summed E-state index contributed by atoms with van der Waals surface area (Å²) in [4.78, 5) is 4.12. The molecule has 4 nitrogen and oxygen atoms in total. The summed E-state index contributed by atoms with van der Waals surface area (Å²) in [5.74, 6) is 1.42. The summed E-state index contributed by atoms with van der Waals surface area (Å²) in [6, 6.07) is -0.0692. The molecule has 1 atom stereocenters. The van der Waals surface area contributed by atoms with Gasteiger partial charge in [-0.25, -0.2) is 4.98 Å². The minimum atomic E-state index is -0.0692. The number of rotatable bonds is 4. The first-order valence-corrected chi connectivity index (χ1v) is 4.74. The highest BCUT2D eigenvalue weighted by atomic mass is 15.3. The van der Waals surface area contributed by atoms with Gasteiger partial charge in [-0.3, -0.25) is 4.68 Å². The Morgan fingerprint density at radius 3 is 2.62 bits per heavy atom. The van der Waals surface area contributed by atoms with Crippen molar-refractivity contribution >= 4 is 0 Å². The van der Waals surface area contributed by atoms with Crippen molar-refractivity contribution in [1.82, 2.24) is 14.8 Å². The molecule has 0 spiro atoms. The Kier molecular flexibility index (Phi) is 3.42. The molecule has 1 aromatic rings. The Labute approximate surface area is 79.2 Å². The van der Waals surface area contributed by atoms with Crippen LogP contribution in [0.2, 0.25) is 0 Å². The number of nitrogens with zero attached hydrogens (tertiary/aromatic N) is 3. The van der Waals surface area contributed by atoms with Crippen molar-refractivity contribution in [3.63, 3.8) is 0 Å². The van der Waals surface area contributed by atoms with E-state index in [4.69, 9.17) is 5.73 Å². The lowest BCUT2D eigenvalue weighted by molar-refractivity contribution is 0.482. The topological polar surface area (TPSA) is 56.7 Å². The third-order valence-electron chi connectivity index (χ3n) is 1.90. The van der Waals surface area contributed by atoms with Gasteiger partial charge >= 0.3 is 0 Å². The van der Waals surface area contributed by atoms with Crippen LogP contribution in [0.4, 0.5) is 0 Å². The van der Waals surface area contributed by atoms with Crippen LogP contribution in [0.5, 0.6) is 0 Å². The average molecular weight is 182 g/mol. The van der Waals surface area contributed by atoms with Crippen LogP contribution in [0.3, 0.4) is 0 Å². The Morgan fingerprint density at radius 1 is 1.46 bits per heavy atom. The van der Waals surface area contributed by atoms with Gasteiger partial charge in [0, 0.05) is 6.54 Å². The highest BCUT2D eigenvalue weighted by Gasteiger charge is 2.05. The molecule has 0 aliphatic rings. The number of hydrogen-bond donors (Lipinski definition) is 1. The van der Waals surface area contributed by atoms with Gasteiger partial charge < -0.3 is 5.73 Å². The first-order chi connectivity index (χ1) is 6.09. The van der Waals surface area contributed by atoms with Gasteiger partial charge in [0.25, 0.3) is 0 Å². The van der Waals surface area contributed by atoms with E-state index in [1.807, 2.05) is 11.6 Å². The van der Waals surface area contributed by atoms with Crippen LogP contribution >= 0.6 is 0 Å². The molecule has 0 aromatic carbocycles. The van der Waals surface area contributed by atoms with Crippen LogP contribution in [0.25, 0.3) is 0 Å². The van der Waals surface area contributed by atoms with Crippen molar-refractivity contribution in [1.29, 1.82) is 0 Å². The molecule has 0 saturated carbocycles. The zero-order valence-electron chi connectivity index (χ0n) is 8.57. The molecule has 1 rings (SSSR count). The van der Waals surface area contributed by atoms with Gasteiger partial charge in [-0.2, -0.15) is 5.10 Å². The normalized spacial score (nSPS) is 13.6. The van der Waals surface area contributed by atoms with Crippen LogP contribution in [-0.4, -0.2) is 14.8 Å². The van der Waals surface area contributed by atoms with Crippen LogP contribution in [-0.2, 0) is 6.54 Å². The second-order valence-corrected chi connectivity index (χ2v) is 3.84. The SMILES string of the molecule is CC(C)CCn1cnc(C(C)N)n1. The molecule has 0 radical (unpaired) electrons. The van der Waals surface area contributed by atoms with E-state index in [2.05, 4.69) is 23.9 Å². The lowest BCUT2D eigenvalue weighted by atomic mass is 10.1. The van der Waals surface area contributed by atoms with Gasteiger partial charge in [0.1, 0.15) is 6.33 Å². The van der Waals surface area contributed by atoms with Crippen molar-refractivity contribution in [2.75, 3.05) is 0 Å². The average Bonchev–Trinajstić information content (AvgIpc) is 2.48. The minimum absolute atomic E-state index is 0.0692. The van der Waals surface area contributed by atoms with Crippen molar-refractivity contribution in [3.8, 4) is 0 Å². The largest absolute Gasteiger partial charge is 0.321 e. The van der Waals surface area contributed by atoms with Crippen molar-refractivity contribution in [2.45, 2.75) is 39.8 Å². The summed E-state index contributed by atoms with van der Waals surface area (Å²) < 4.78 is 1.86. The molecule has 0 amide bonds. The van der Waals surface area contributed by atoms with E-state index in [1.54, 1.807) is 6.33 Å². The Bertz CT molecular complexity index is 252. The third-order valence-corrected chi connectivity index (χ3v) is 1.90. The fourth-order valence-electron chi connectivity index (χ4n) is 1.02. The summed E-state index contributed by atoms with van der Waals surface area (Å²) in [5, 5.41) is 4.26. The highest BCUT2D eigenvalue weighted by Crippen LogP contribution is 2.04. The Hall–Kier alpha value is -0.900. The predicted octanol–water partition coefficient (Wildman–Crippen LogP) is 1.34. The van der Waals surface area contributed by atoms with Gasteiger partial charge in [-0.1, -0.05) is 13.8 Å². The Balaban J connectivity index is 2.49. The lowest BCUT2D eigenvalue weighted by Gasteiger charge is -2.03. The van der Waals surface area contributed by atoms with Gasteiger partial charge in [0.2, 0.25) is 0 Å². The zero-order valence-corrected chi connectivity index (χ0v) is 8.57. The van der Waals surface area contributed by atoms with E-state index in [9.17, 15) is 0 Å². The molecule has 0 bridgehead atoms. The van der Waals surface area contributed by atoms with Gasteiger partial charge in [0.05, 0.1) is 6.04 Å². The number of hydrogen-bond acceptors (Lipinski definition) is 3. The fraction of sp³-hybridized carbons (Fsp3) is 0.778. The summed E-state index contributed by atoms with van der Waals surface area (Å²) in [6.07, 6.45) is 2.88. The predicted molar refractivity (Wildman–Crippen MR) is 52.1 cm³/mol. The maximum atomic E-state index is 5.64. The molecule has 2 N–H and O–H groups in total. The van der Waals surface area contributed by atoms with E-state index < -0.39 is 0 Å². The zero-order chi connectivity index (χ0) is 9.84. The van der Waals surface area contributed by atoms with E-state index in [0.29, 0.717) is 5.92 Å². The Morgan fingerprint density at radius 2 is 2.15 bits per heavy atom. The van der Waals surface area contributed by atoms with Crippen molar-refractivity contribution < 1.29 is 0 Å². The fourth-order valence-corrected chi connectivity index (χ4v) is 1.02. The standard InChI is InChI=1S/C9H18N4/c1-7(2)4-5-13-6-11-9(12-13)8(3)10/h6-8H,4-5,10H2,1-3H3. The molecule has 0 aliphatic carbocycles. The summed E-state index contributed by atoms with van der Waals surface area (Å²) in [6.45, 7) is 7.21. The third kappa shape index (κ3) is 3.14. The van der Waals surface area contributed by atoms with E-state index in [0.717, 1.165) is 18.8 Å². The molecule has 0 saturated heterocycles. The number of aromatic nitrogens is 3. The monoisotopic (exact) mass is 182 g/mol. The first kappa shape index (κ1) is 10.2. The molecule has 1 heterocycles. The van der Waals surface area contributed by atoms with E-state index in [-0.39, 0.29) is 6.04 Å². The molecule has 0 aliphatic heterocycles. The molecule has 1 aromatic heterocycles. The number of aryl methyl sites for hydroxylation is 1. The smallest absolute Gasteiger partial charge is 0.166 e. The second kappa shape index (κ2) is 4.37. The second-order valence-electron chi connectivity index (χ2n) is 3.84. The molecular formula is C9H18N4. The minimum Gasteiger partial charge on any atom is -0.321 e. The summed E-state index contributed by atoms with van der Waals surface area (Å²) >= 11 is 0. The first-order valence-electron chi connectivity index (χ1n) is 4.74. The summed E-state index contributed by atoms with van der Waals surface area (Å²) in [7, 11) is 0. The lowest BCUT2D eigenvalue weighted by Crippen LogP contribution is -2.09. The molecule has 74 valence electrons. The van der Waals surface area contributed by atoms with Crippen LogP contribution < -0.4 is 5.73 Å².